The molecule has 0 spiro atoms. The molecule has 0 radical (unpaired) electrons. The van der Waals surface area contributed by atoms with Crippen LogP contribution in [0.4, 0.5) is 0 Å². The van der Waals surface area contributed by atoms with Crippen LogP contribution in [-0.4, -0.2) is 25.7 Å². The molecule has 0 aliphatic rings. The van der Waals surface area contributed by atoms with Crippen LogP contribution in [0.25, 0.3) is 0 Å². The van der Waals surface area contributed by atoms with Crippen LogP contribution >= 0.6 is 8.25 Å². The molecule has 0 bridgehead atoms. The first-order valence-corrected chi connectivity index (χ1v) is 4.70. The minimum atomic E-state index is -2.46. The standard InChI is InChI=1S/C7H10O6P/c1-6(2)7(9)11-3-4-12-14(10)13-5-8/h5H,1,3-4H2,2H3/q+1. The molecule has 1 atom stereocenters. The molecular weight excluding hydrogens is 211 g/mol. The van der Waals surface area contributed by atoms with Gasteiger partial charge in [0.15, 0.2) is 0 Å². The van der Waals surface area contributed by atoms with Gasteiger partial charge < -0.3 is 4.74 Å². The van der Waals surface area contributed by atoms with Crippen LogP contribution in [0, 0.1) is 0 Å². The fourth-order valence-electron chi connectivity index (χ4n) is 0.435. The highest BCUT2D eigenvalue weighted by Crippen LogP contribution is 2.21. The Hall–Kier alpha value is -1.26. The fourth-order valence-corrected chi connectivity index (χ4v) is 0.790. The van der Waals surface area contributed by atoms with E-state index in [4.69, 9.17) is 0 Å². The molecule has 1 unspecified atom stereocenters. The van der Waals surface area contributed by atoms with Gasteiger partial charge >= 0.3 is 20.7 Å². The topological polar surface area (TPSA) is 78.9 Å². The zero-order valence-corrected chi connectivity index (χ0v) is 8.49. The van der Waals surface area contributed by atoms with E-state index in [-0.39, 0.29) is 25.3 Å². The van der Waals surface area contributed by atoms with Gasteiger partial charge in [0.05, 0.1) is 0 Å². The predicted octanol–water partition coefficient (Wildman–Crippen LogP) is 0.953. The molecule has 7 heteroatoms. The van der Waals surface area contributed by atoms with E-state index in [1.54, 1.807) is 0 Å². The highest BCUT2D eigenvalue weighted by atomic mass is 31.1. The molecule has 0 amide bonds. The van der Waals surface area contributed by atoms with Gasteiger partial charge in [-0.3, -0.25) is 4.79 Å². The quantitative estimate of drug-likeness (QED) is 0.209. The minimum Gasteiger partial charge on any atom is -0.460 e. The molecule has 0 aromatic carbocycles. The SMILES string of the molecule is C=C(C)C(=O)OCCO[P+](=O)OC=O. The summed E-state index contributed by atoms with van der Waals surface area (Å²) in [6.07, 6.45) is 0. The molecule has 6 nitrogen and oxygen atoms in total. The maximum Gasteiger partial charge on any atom is 0.752 e. The summed E-state index contributed by atoms with van der Waals surface area (Å²) in [5.41, 5.74) is 0.263. The normalized spacial score (nSPS) is 10.2. The lowest BCUT2D eigenvalue weighted by Gasteiger charge is -1.99. The van der Waals surface area contributed by atoms with Crippen molar-refractivity contribution in [2.45, 2.75) is 6.92 Å². The van der Waals surface area contributed by atoms with Crippen molar-refractivity contribution in [3.63, 3.8) is 0 Å². The van der Waals surface area contributed by atoms with E-state index in [2.05, 4.69) is 20.4 Å². The zero-order chi connectivity index (χ0) is 11.0. The number of carbonyl (C=O) groups excluding carboxylic acids is 2. The molecule has 0 N–H and O–H groups in total. The average molecular weight is 221 g/mol. The lowest BCUT2D eigenvalue weighted by molar-refractivity contribution is -0.139. The van der Waals surface area contributed by atoms with E-state index < -0.39 is 14.2 Å². The first kappa shape index (κ1) is 12.7. The predicted molar refractivity (Wildman–Crippen MR) is 46.5 cm³/mol. The zero-order valence-electron chi connectivity index (χ0n) is 7.60. The fraction of sp³-hybridized carbons (Fsp3) is 0.429. The smallest absolute Gasteiger partial charge is 0.460 e. The van der Waals surface area contributed by atoms with Crippen LogP contribution in [-0.2, 0) is 27.9 Å². The number of rotatable bonds is 7. The first-order valence-electron chi connectivity index (χ1n) is 3.61. The largest absolute Gasteiger partial charge is 0.752 e. The summed E-state index contributed by atoms with van der Waals surface area (Å²) < 4.78 is 23.5. The highest BCUT2D eigenvalue weighted by molar-refractivity contribution is 7.33. The lowest BCUT2D eigenvalue weighted by Crippen LogP contribution is -2.09. The Morgan fingerprint density at radius 3 is 2.64 bits per heavy atom. The molecule has 0 aliphatic carbocycles. The average Bonchev–Trinajstić information content (AvgIpc) is 2.12. The van der Waals surface area contributed by atoms with Crippen molar-refractivity contribution in [2.24, 2.45) is 0 Å². The molecule has 0 aromatic heterocycles. The van der Waals surface area contributed by atoms with E-state index in [0.717, 1.165) is 0 Å². The van der Waals surface area contributed by atoms with Gasteiger partial charge in [0, 0.05) is 10.1 Å². The number of hydrogen-bond donors (Lipinski definition) is 0. The number of hydrogen-bond acceptors (Lipinski definition) is 6. The van der Waals surface area contributed by atoms with Crippen molar-refractivity contribution in [1.29, 1.82) is 0 Å². The van der Waals surface area contributed by atoms with Gasteiger partial charge in [0.2, 0.25) is 0 Å². The van der Waals surface area contributed by atoms with E-state index in [1.165, 1.54) is 6.92 Å². The van der Waals surface area contributed by atoms with Crippen molar-refractivity contribution in [3.05, 3.63) is 12.2 Å². The first-order chi connectivity index (χ1) is 6.57. The molecular formula is C7H10O6P+. The molecule has 0 aromatic rings. The third kappa shape index (κ3) is 6.28. The van der Waals surface area contributed by atoms with Crippen LogP contribution in [0.15, 0.2) is 12.2 Å². The Bertz CT molecular complexity index is 249. The Labute approximate surface area is 81.8 Å². The third-order valence-electron chi connectivity index (χ3n) is 0.991. The molecule has 0 rings (SSSR count). The Balaban J connectivity index is 3.47. The van der Waals surface area contributed by atoms with Gasteiger partial charge in [-0.05, 0) is 6.92 Å². The van der Waals surface area contributed by atoms with Crippen molar-refractivity contribution >= 4 is 20.7 Å². The molecule has 0 heterocycles. The van der Waals surface area contributed by atoms with E-state index >= 15 is 0 Å². The highest BCUT2D eigenvalue weighted by Gasteiger charge is 2.19. The molecule has 0 fully saturated rings. The van der Waals surface area contributed by atoms with E-state index in [0.29, 0.717) is 0 Å². The summed E-state index contributed by atoms with van der Waals surface area (Å²) in [6.45, 7) is 4.68. The van der Waals surface area contributed by atoms with Crippen molar-refractivity contribution in [1.82, 2.24) is 0 Å². The van der Waals surface area contributed by atoms with Crippen molar-refractivity contribution in [3.8, 4) is 0 Å². The third-order valence-corrected chi connectivity index (χ3v) is 1.64. The second-order valence-electron chi connectivity index (χ2n) is 2.17. The second kappa shape index (κ2) is 7.17. The maximum atomic E-state index is 10.8. The molecule has 78 valence electrons. The van der Waals surface area contributed by atoms with Crippen molar-refractivity contribution < 1.29 is 27.9 Å². The van der Waals surface area contributed by atoms with E-state index in [1.807, 2.05) is 0 Å². The van der Waals surface area contributed by atoms with Gasteiger partial charge in [-0.25, -0.2) is 4.79 Å². The van der Waals surface area contributed by atoms with Gasteiger partial charge in [-0.2, -0.15) is 4.52 Å². The Kier molecular flexibility index (Phi) is 6.53. The number of esters is 1. The molecule has 0 saturated carbocycles. The summed E-state index contributed by atoms with van der Waals surface area (Å²) in [6, 6.07) is 0. The van der Waals surface area contributed by atoms with Gasteiger partial charge in [-0.15, -0.1) is 4.52 Å². The van der Waals surface area contributed by atoms with Crippen LogP contribution in [0.5, 0.6) is 0 Å². The monoisotopic (exact) mass is 221 g/mol. The minimum absolute atomic E-state index is 0.0125. The molecule has 0 aliphatic heterocycles. The molecule has 0 saturated heterocycles. The van der Waals surface area contributed by atoms with Crippen LogP contribution in [0.2, 0.25) is 0 Å². The van der Waals surface area contributed by atoms with Crippen LogP contribution in [0.1, 0.15) is 6.92 Å². The van der Waals surface area contributed by atoms with Crippen LogP contribution in [0.3, 0.4) is 0 Å². The summed E-state index contributed by atoms with van der Waals surface area (Å²) in [7, 11) is -2.46. The summed E-state index contributed by atoms with van der Waals surface area (Å²) >= 11 is 0. The van der Waals surface area contributed by atoms with Crippen molar-refractivity contribution in [2.75, 3.05) is 13.2 Å². The second-order valence-corrected chi connectivity index (χ2v) is 3.09. The Morgan fingerprint density at radius 2 is 2.14 bits per heavy atom. The van der Waals surface area contributed by atoms with Gasteiger partial charge in [0.1, 0.15) is 13.2 Å². The Morgan fingerprint density at radius 1 is 1.50 bits per heavy atom. The van der Waals surface area contributed by atoms with E-state index in [9.17, 15) is 14.2 Å². The number of carbonyl (C=O) groups is 2. The maximum absolute atomic E-state index is 10.8. The molecule has 14 heavy (non-hydrogen) atoms. The summed E-state index contributed by atoms with van der Waals surface area (Å²) in [5, 5.41) is 0. The van der Waals surface area contributed by atoms with Gasteiger partial charge in [0.25, 0.3) is 0 Å². The summed E-state index contributed by atoms with van der Waals surface area (Å²) in [5.74, 6) is -0.555. The van der Waals surface area contributed by atoms with Crippen LogP contribution < -0.4 is 0 Å². The summed E-state index contributed by atoms with van der Waals surface area (Å²) in [4.78, 5) is 20.4. The number of ether oxygens (including phenoxy) is 1. The van der Waals surface area contributed by atoms with Gasteiger partial charge in [-0.1, -0.05) is 6.58 Å². The lowest BCUT2D eigenvalue weighted by atomic mass is 10.4.